The zero-order valence-corrected chi connectivity index (χ0v) is 15.1. The molecule has 0 aromatic heterocycles. The molecule has 0 fully saturated rings. The van der Waals surface area contributed by atoms with E-state index in [0.29, 0.717) is 23.1 Å². The van der Waals surface area contributed by atoms with Crippen LogP contribution in [0.25, 0.3) is 0 Å². The SMILES string of the molecule is Cc1ccc(NC(=O)C[NH+](C)Cc2cccc(Cl)c2Cl)c(C)c1. The molecule has 0 heterocycles. The normalized spacial score (nSPS) is 12.0. The van der Waals surface area contributed by atoms with Gasteiger partial charge in [-0.3, -0.25) is 4.79 Å². The van der Waals surface area contributed by atoms with Gasteiger partial charge < -0.3 is 10.2 Å². The molecule has 1 unspecified atom stereocenters. The third-order valence-electron chi connectivity index (χ3n) is 3.64. The van der Waals surface area contributed by atoms with Crippen molar-refractivity contribution in [3.05, 3.63) is 63.1 Å². The minimum absolute atomic E-state index is 0.0207. The Balaban J connectivity index is 1.95. The number of hydrogen-bond donors (Lipinski definition) is 2. The zero-order valence-electron chi connectivity index (χ0n) is 13.5. The van der Waals surface area contributed by atoms with Gasteiger partial charge in [-0.05, 0) is 31.5 Å². The van der Waals surface area contributed by atoms with E-state index < -0.39 is 0 Å². The van der Waals surface area contributed by atoms with Crippen LogP contribution in [0.5, 0.6) is 0 Å². The van der Waals surface area contributed by atoms with Crippen molar-refractivity contribution < 1.29 is 9.69 Å². The molecule has 122 valence electrons. The Kier molecular flexibility index (Phi) is 6.05. The fourth-order valence-corrected chi connectivity index (χ4v) is 2.88. The molecule has 0 aliphatic carbocycles. The smallest absolute Gasteiger partial charge is 0.279 e. The average molecular weight is 352 g/mol. The highest BCUT2D eigenvalue weighted by Gasteiger charge is 2.14. The summed E-state index contributed by atoms with van der Waals surface area (Å²) in [5, 5.41) is 4.06. The van der Waals surface area contributed by atoms with Crippen molar-refractivity contribution in [3.63, 3.8) is 0 Å². The van der Waals surface area contributed by atoms with E-state index in [1.54, 1.807) is 6.07 Å². The van der Waals surface area contributed by atoms with E-state index >= 15 is 0 Å². The highest BCUT2D eigenvalue weighted by atomic mass is 35.5. The molecule has 0 bridgehead atoms. The predicted octanol–water partition coefficient (Wildman–Crippen LogP) is 3.26. The van der Waals surface area contributed by atoms with E-state index in [-0.39, 0.29) is 5.91 Å². The van der Waals surface area contributed by atoms with Crippen LogP contribution in [0.4, 0.5) is 5.69 Å². The summed E-state index contributed by atoms with van der Waals surface area (Å²) in [7, 11) is 1.96. The number of quaternary nitrogens is 1. The molecule has 0 aliphatic heterocycles. The molecule has 0 spiro atoms. The standard InChI is InChI=1S/C18H20Cl2N2O/c1-12-7-8-16(13(2)9-12)21-17(23)11-22(3)10-14-5-4-6-15(19)18(14)20/h4-9H,10-11H2,1-3H3,(H,21,23)/p+1. The molecular weight excluding hydrogens is 331 g/mol. The maximum atomic E-state index is 12.2. The van der Waals surface area contributed by atoms with Gasteiger partial charge in [-0.25, -0.2) is 0 Å². The Morgan fingerprint density at radius 1 is 1.17 bits per heavy atom. The zero-order chi connectivity index (χ0) is 17.0. The second-order valence-electron chi connectivity index (χ2n) is 5.89. The van der Waals surface area contributed by atoms with Crippen LogP contribution < -0.4 is 10.2 Å². The molecule has 5 heteroatoms. The molecule has 0 saturated heterocycles. The Morgan fingerprint density at radius 2 is 1.91 bits per heavy atom. The molecule has 2 aromatic carbocycles. The van der Waals surface area contributed by atoms with Crippen LogP contribution in [0.15, 0.2) is 36.4 Å². The first-order valence-electron chi connectivity index (χ1n) is 7.48. The largest absolute Gasteiger partial charge is 0.326 e. The van der Waals surface area contributed by atoms with Crippen molar-refractivity contribution in [1.29, 1.82) is 0 Å². The lowest BCUT2D eigenvalue weighted by atomic mass is 10.1. The van der Waals surface area contributed by atoms with Crippen LogP contribution in [0.1, 0.15) is 16.7 Å². The fraction of sp³-hybridized carbons (Fsp3) is 0.278. The molecule has 0 aliphatic rings. The van der Waals surface area contributed by atoms with E-state index in [1.807, 2.05) is 45.2 Å². The van der Waals surface area contributed by atoms with E-state index in [1.165, 1.54) is 5.56 Å². The van der Waals surface area contributed by atoms with Crippen molar-refractivity contribution in [2.24, 2.45) is 0 Å². The molecule has 3 nitrogen and oxygen atoms in total. The van der Waals surface area contributed by atoms with Gasteiger partial charge in [0.15, 0.2) is 6.54 Å². The molecule has 1 atom stereocenters. The summed E-state index contributed by atoms with van der Waals surface area (Å²) < 4.78 is 0. The van der Waals surface area contributed by atoms with E-state index in [4.69, 9.17) is 23.2 Å². The van der Waals surface area contributed by atoms with E-state index in [2.05, 4.69) is 11.4 Å². The van der Waals surface area contributed by atoms with E-state index in [9.17, 15) is 4.79 Å². The highest BCUT2D eigenvalue weighted by molar-refractivity contribution is 6.42. The number of carbonyl (C=O) groups is 1. The number of hydrogen-bond acceptors (Lipinski definition) is 1. The van der Waals surface area contributed by atoms with Crippen LogP contribution >= 0.6 is 23.2 Å². The van der Waals surface area contributed by atoms with Gasteiger partial charge in [0.25, 0.3) is 5.91 Å². The van der Waals surface area contributed by atoms with Gasteiger partial charge in [-0.1, -0.05) is 53.0 Å². The van der Waals surface area contributed by atoms with Crippen molar-refractivity contribution in [3.8, 4) is 0 Å². The fourth-order valence-electron chi connectivity index (χ4n) is 2.49. The number of anilines is 1. The monoisotopic (exact) mass is 351 g/mol. The number of likely N-dealkylation sites (N-methyl/N-ethyl adjacent to an activating group) is 1. The lowest BCUT2D eigenvalue weighted by Gasteiger charge is -2.16. The quantitative estimate of drug-likeness (QED) is 0.851. The van der Waals surface area contributed by atoms with Gasteiger partial charge in [0, 0.05) is 11.3 Å². The van der Waals surface area contributed by atoms with Crippen LogP contribution in [0.2, 0.25) is 10.0 Å². The van der Waals surface area contributed by atoms with Gasteiger partial charge >= 0.3 is 0 Å². The molecule has 23 heavy (non-hydrogen) atoms. The Hall–Kier alpha value is -1.55. The maximum Gasteiger partial charge on any atom is 0.279 e. The van der Waals surface area contributed by atoms with Gasteiger partial charge in [0.1, 0.15) is 6.54 Å². The number of aryl methyl sites for hydroxylation is 2. The summed E-state index contributed by atoms with van der Waals surface area (Å²) in [6.45, 7) is 5.02. The van der Waals surface area contributed by atoms with Gasteiger partial charge in [-0.2, -0.15) is 0 Å². The van der Waals surface area contributed by atoms with Crippen LogP contribution in [-0.2, 0) is 11.3 Å². The van der Waals surface area contributed by atoms with Crippen LogP contribution in [0, 0.1) is 13.8 Å². The summed E-state index contributed by atoms with van der Waals surface area (Å²) in [6.07, 6.45) is 0. The minimum Gasteiger partial charge on any atom is -0.326 e. The Morgan fingerprint density at radius 3 is 2.61 bits per heavy atom. The second kappa shape index (κ2) is 7.82. The Bertz CT molecular complexity index is 716. The van der Waals surface area contributed by atoms with Crippen LogP contribution in [0.3, 0.4) is 0 Å². The molecule has 0 saturated carbocycles. The summed E-state index contributed by atoms with van der Waals surface area (Å²) >= 11 is 12.2. The van der Waals surface area contributed by atoms with Crippen LogP contribution in [-0.4, -0.2) is 19.5 Å². The van der Waals surface area contributed by atoms with Gasteiger partial charge in [0.2, 0.25) is 0 Å². The molecule has 0 radical (unpaired) electrons. The number of halogens is 2. The number of carbonyl (C=O) groups excluding carboxylic acids is 1. The molecule has 2 N–H and O–H groups in total. The first-order chi connectivity index (χ1) is 10.9. The molecule has 2 rings (SSSR count). The predicted molar refractivity (Wildman–Crippen MR) is 96.5 cm³/mol. The minimum atomic E-state index is -0.0207. The van der Waals surface area contributed by atoms with Crippen molar-refractivity contribution in [2.75, 3.05) is 18.9 Å². The van der Waals surface area contributed by atoms with Gasteiger partial charge in [0.05, 0.1) is 17.1 Å². The lowest BCUT2D eigenvalue weighted by Crippen LogP contribution is -3.08. The third kappa shape index (κ3) is 4.96. The third-order valence-corrected chi connectivity index (χ3v) is 4.50. The summed E-state index contributed by atoms with van der Waals surface area (Å²) in [5.41, 5.74) is 4.04. The lowest BCUT2D eigenvalue weighted by molar-refractivity contribution is -0.885. The number of benzene rings is 2. The summed E-state index contributed by atoms with van der Waals surface area (Å²) in [6, 6.07) is 11.5. The first-order valence-corrected chi connectivity index (χ1v) is 8.23. The van der Waals surface area contributed by atoms with E-state index in [0.717, 1.165) is 21.7 Å². The molecular formula is C18H21Cl2N2O+. The van der Waals surface area contributed by atoms with Crippen molar-refractivity contribution in [1.82, 2.24) is 0 Å². The summed E-state index contributed by atoms with van der Waals surface area (Å²) in [5.74, 6) is -0.0207. The Labute approximate surface area is 147 Å². The topological polar surface area (TPSA) is 33.5 Å². The number of amides is 1. The molecule has 1 amide bonds. The first kappa shape index (κ1) is 17.8. The average Bonchev–Trinajstić information content (AvgIpc) is 2.47. The van der Waals surface area contributed by atoms with Crippen molar-refractivity contribution >= 4 is 34.8 Å². The molecule has 2 aromatic rings. The number of nitrogens with one attached hydrogen (secondary N) is 2. The summed E-state index contributed by atoms with van der Waals surface area (Å²) in [4.78, 5) is 13.2. The maximum absolute atomic E-state index is 12.2. The van der Waals surface area contributed by atoms with Crippen molar-refractivity contribution in [2.45, 2.75) is 20.4 Å². The number of rotatable bonds is 5. The highest BCUT2D eigenvalue weighted by Crippen LogP contribution is 2.24. The second-order valence-corrected chi connectivity index (χ2v) is 6.68. The van der Waals surface area contributed by atoms with Gasteiger partial charge in [-0.15, -0.1) is 0 Å².